The summed E-state index contributed by atoms with van der Waals surface area (Å²) in [5.74, 6) is 0.898. The Bertz CT molecular complexity index is 464. The van der Waals surface area contributed by atoms with Gasteiger partial charge in [-0.15, -0.1) is 0 Å². The molecule has 0 aliphatic carbocycles. The Hall–Kier alpha value is -1.80. The molecule has 0 bridgehead atoms. The predicted octanol–water partition coefficient (Wildman–Crippen LogP) is 3.55. The normalized spacial score (nSPS) is 12.1. The molecular weight excluding hydrogens is 222 g/mol. The molecule has 0 unspecified atom stereocenters. The van der Waals surface area contributed by atoms with Crippen molar-refractivity contribution in [1.29, 1.82) is 0 Å². The first kappa shape index (κ1) is 12.7. The lowest BCUT2D eigenvalue weighted by Crippen LogP contribution is -2.17. The van der Waals surface area contributed by atoms with Gasteiger partial charge in [0.2, 0.25) is 0 Å². The molecule has 2 aromatic carbocycles. The number of rotatable bonds is 5. The average molecular weight is 241 g/mol. The Morgan fingerprint density at radius 1 is 1.00 bits per heavy atom. The molecule has 2 nitrogen and oxygen atoms in total. The second-order valence-electron chi connectivity index (χ2n) is 4.36. The van der Waals surface area contributed by atoms with Crippen LogP contribution in [0.5, 0.6) is 5.75 Å². The van der Waals surface area contributed by atoms with Gasteiger partial charge in [-0.25, -0.2) is 0 Å². The van der Waals surface area contributed by atoms with Crippen LogP contribution in [0.4, 0.5) is 0 Å². The fourth-order valence-corrected chi connectivity index (χ4v) is 1.87. The summed E-state index contributed by atoms with van der Waals surface area (Å²) in [5.41, 5.74) is 2.57. The SMILES string of the molecule is COc1ccc(CN[C@@H](C)c2ccccc2)cc1. The Balaban J connectivity index is 1.91. The second-order valence-corrected chi connectivity index (χ2v) is 4.36. The van der Waals surface area contributed by atoms with Crippen molar-refractivity contribution in [1.82, 2.24) is 5.32 Å². The highest BCUT2D eigenvalue weighted by Crippen LogP contribution is 2.14. The van der Waals surface area contributed by atoms with Gasteiger partial charge in [0.1, 0.15) is 5.75 Å². The summed E-state index contributed by atoms with van der Waals surface area (Å²) in [6.07, 6.45) is 0. The minimum Gasteiger partial charge on any atom is -0.497 e. The van der Waals surface area contributed by atoms with E-state index in [-0.39, 0.29) is 0 Å². The van der Waals surface area contributed by atoms with Gasteiger partial charge in [-0.3, -0.25) is 0 Å². The van der Waals surface area contributed by atoms with Crippen molar-refractivity contribution in [3.8, 4) is 5.75 Å². The summed E-state index contributed by atoms with van der Waals surface area (Å²) in [6, 6.07) is 19.0. The van der Waals surface area contributed by atoms with Gasteiger partial charge in [-0.2, -0.15) is 0 Å². The maximum absolute atomic E-state index is 5.14. The highest BCUT2D eigenvalue weighted by molar-refractivity contribution is 5.27. The molecule has 0 saturated carbocycles. The molecule has 0 aromatic heterocycles. The lowest BCUT2D eigenvalue weighted by molar-refractivity contribution is 0.414. The molecule has 0 amide bonds. The minimum atomic E-state index is 0.355. The molecule has 0 heterocycles. The third kappa shape index (κ3) is 3.34. The molecule has 2 heteroatoms. The number of methoxy groups -OCH3 is 1. The maximum Gasteiger partial charge on any atom is 0.118 e. The van der Waals surface area contributed by atoms with E-state index in [4.69, 9.17) is 4.74 Å². The van der Waals surface area contributed by atoms with Gasteiger partial charge in [0, 0.05) is 12.6 Å². The highest BCUT2D eigenvalue weighted by Gasteiger charge is 2.03. The van der Waals surface area contributed by atoms with E-state index in [2.05, 4.69) is 48.6 Å². The van der Waals surface area contributed by atoms with Crippen LogP contribution in [-0.2, 0) is 6.54 Å². The Morgan fingerprint density at radius 3 is 2.28 bits per heavy atom. The summed E-state index contributed by atoms with van der Waals surface area (Å²) >= 11 is 0. The molecule has 2 aromatic rings. The van der Waals surface area contributed by atoms with E-state index in [9.17, 15) is 0 Å². The quantitative estimate of drug-likeness (QED) is 0.864. The van der Waals surface area contributed by atoms with Crippen molar-refractivity contribution in [3.63, 3.8) is 0 Å². The van der Waals surface area contributed by atoms with E-state index < -0.39 is 0 Å². The first-order chi connectivity index (χ1) is 8.79. The average Bonchev–Trinajstić information content (AvgIpc) is 2.46. The number of hydrogen-bond acceptors (Lipinski definition) is 2. The third-order valence-corrected chi connectivity index (χ3v) is 3.07. The van der Waals surface area contributed by atoms with Crippen LogP contribution < -0.4 is 10.1 Å². The molecule has 1 N–H and O–H groups in total. The molecule has 0 spiro atoms. The van der Waals surface area contributed by atoms with Gasteiger partial charge in [-0.05, 0) is 30.2 Å². The van der Waals surface area contributed by atoms with Crippen molar-refractivity contribution in [2.45, 2.75) is 19.5 Å². The van der Waals surface area contributed by atoms with Crippen LogP contribution in [0.25, 0.3) is 0 Å². The molecule has 18 heavy (non-hydrogen) atoms. The van der Waals surface area contributed by atoms with Crippen LogP contribution in [0.15, 0.2) is 54.6 Å². The zero-order valence-corrected chi connectivity index (χ0v) is 10.9. The number of hydrogen-bond donors (Lipinski definition) is 1. The molecule has 1 atom stereocenters. The van der Waals surface area contributed by atoms with E-state index in [0.717, 1.165) is 12.3 Å². The number of nitrogens with one attached hydrogen (secondary N) is 1. The molecule has 94 valence electrons. The van der Waals surface area contributed by atoms with Crippen LogP contribution in [0.1, 0.15) is 24.1 Å². The molecule has 0 saturated heterocycles. The molecule has 0 aliphatic rings. The predicted molar refractivity (Wildman–Crippen MR) is 74.7 cm³/mol. The Morgan fingerprint density at radius 2 is 1.67 bits per heavy atom. The monoisotopic (exact) mass is 241 g/mol. The maximum atomic E-state index is 5.14. The lowest BCUT2D eigenvalue weighted by Gasteiger charge is -2.14. The Labute approximate surface area is 109 Å². The van der Waals surface area contributed by atoms with E-state index in [1.165, 1.54) is 11.1 Å². The summed E-state index contributed by atoms with van der Waals surface area (Å²) in [5, 5.41) is 3.51. The van der Waals surface area contributed by atoms with Gasteiger partial charge in [-0.1, -0.05) is 42.5 Å². The van der Waals surface area contributed by atoms with E-state index in [1.54, 1.807) is 7.11 Å². The minimum absolute atomic E-state index is 0.355. The smallest absolute Gasteiger partial charge is 0.118 e. The van der Waals surface area contributed by atoms with E-state index in [0.29, 0.717) is 6.04 Å². The van der Waals surface area contributed by atoms with Crippen LogP contribution in [0, 0.1) is 0 Å². The third-order valence-electron chi connectivity index (χ3n) is 3.07. The first-order valence-corrected chi connectivity index (χ1v) is 6.21. The van der Waals surface area contributed by atoms with Crippen LogP contribution in [0.2, 0.25) is 0 Å². The number of ether oxygens (including phenoxy) is 1. The van der Waals surface area contributed by atoms with E-state index >= 15 is 0 Å². The molecule has 0 aliphatic heterocycles. The van der Waals surface area contributed by atoms with Gasteiger partial charge in [0.15, 0.2) is 0 Å². The van der Waals surface area contributed by atoms with Crippen LogP contribution >= 0.6 is 0 Å². The van der Waals surface area contributed by atoms with Crippen molar-refractivity contribution in [3.05, 3.63) is 65.7 Å². The van der Waals surface area contributed by atoms with Gasteiger partial charge in [0.05, 0.1) is 7.11 Å². The standard InChI is InChI=1S/C16H19NO/c1-13(15-6-4-3-5-7-15)17-12-14-8-10-16(18-2)11-9-14/h3-11,13,17H,12H2,1-2H3/t13-/m0/s1. The van der Waals surface area contributed by atoms with Gasteiger partial charge >= 0.3 is 0 Å². The molecular formula is C16H19NO. The Kier molecular flexibility index (Phi) is 4.37. The summed E-state index contributed by atoms with van der Waals surface area (Å²) < 4.78 is 5.14. The van der Waals surface area contributed by atoms with Gasteiger partial charge < -0.3 is 10.1 Å². The second kappa shape index (κ2) is 6.22. The zero-order chi connectivity index (χ0) is 12.8. The van der Waals surface area contributed by atoms with E-state index in [1.807, 2.05) is 18.2 Å². The largest absolute Gasteiger partial charge is 0.497 e. The van der Waals surface area contributed by atoms with Crippen molar-refractivity contribution in [2.24, 2.45) is 0 Å². The lowest BCUT2D eigenvalue weighted by atomic mass is 10.1. The molecule has 0 radical (unpaired) electrons. The zero-order valence-electron chi connectivity index (χ0n) is 10.9. The summed E-state index contributed by atoms with van der Waals surface area (Å²) in [4.78, 5) is 0. The van der Waals surface area contributed by atoms with Gasteiger partial charge in [0.25, 0.3) is 0 Å². The summed E-state index contributed by atoms with van der Waals surface area (Å²) in [6.45, 7) is 3.04. The topological polar surface area (TPSA) is 21.3 Å². The number of benzene rings is 2. The molecule has 0 fully saturated rings. The fourth-order valence-electron chi connectivity index (χ4n) is 1.87. The van der Waals surface area contributed by atoms with Crippen molar-refractivity contribution in [2.75, 3.05) is 7.11 Å². The van der Waals surface area contributed by atoms with Crippen molar-refractivity contribution < 1.29 is 4.74 Å². The van der Waals surface area contributed by atoms with Crippen molar-refractivity contribution >= 4 is 0 Å². The first-order valence-electron chi connectivity index (χ1n) is 6.21. The fraction of sp³-hybridized carbons (Fsp3) is 0.250. The molecule has 2 rings (SSSR count). The van der Waals surface area contributed by atoms with Crippen LogP contribution in [-0.4, -0.2) is 7.11 Å². The van der Waals surface area contributed by atoms with Crippen LogP contribution in [0.3, 0.4) is 0 Å². The highest BCUT2D eigenvalue weighted by atomic mass is 16.5. The summed E-state index contributed by atoms with van der Waals surface area (Å²) in [7, 11) is 1.69.